The lowest BCUT2D eigenvalue weighted by Crippen LogP contribution is -2.38. The van der Waals surface area contributed by atoms with Gasteiger partial charge in [-0.15, -0.1) is 0 Å². The minimum Gasteiger partial charge on any atom is -0.326 e. The molecule has 0 aliphatic heterocycles. The maximum atomic E-state index is 12.2. The van der Waals surface area contributed by atoms with Gasteiger partial charge in [-0.2, -0.15) is 0 Å². The number of benzene rings is 1. The largest absolute Gasteiger partial charge is 0.326 e. The van der Waals surface area contributed by atoms with Gasteiger partial charge in [0.2, 0.25) is 10.0 Å². The van der Waals surface area contributed by atoms with Gasteiger partial charge in [0.1, 0.15) is 4.90 Å². The van der Waals surface area contributed by atoms with Crippen LogP contribution in [0.25, 0.3) is 0 Å². The second-order valence-electron chi connectivity index (χ2n) is 4.63. The Morgan fingerprint density at radius 2 is 2.05 bits per heavy atom. The molecule has 5 nitrogen and oxygen atoms in total. The normalized spacial score (nSPS) is 13.8. The summed E-state index contributed by atoms with van der Waals surface area (Å²) in [6, 6.07) is 4.86. The van der Waals surface area contributed by atoms with Gasteiger partial charge in [-0.25, -0.2) is 13.1 Å². The molecule has 1 unspecified atom stereocenters. The Kier molecular flexibility index (Phi) is 5.76. The Balaban J connectivity index is 2.94. The summed E-state index contributed by atoms with van der Waals surface area (Å²) in [4.78, 5) is 2.00. The molecule has 0 fully saturated rings. The van der Waals surface area contributed by atoms with Crippen LogP contribution >= 0.6 is 11.6 Å². The third kappa shape index (κ3) is 4.43. The molecule has 0 spiro atoms. The van der Waals surface area contributed by atoms with Crippen LogP contribution in [0.2, 0.25) is 5.02 Å². The predicted octanol–water partition coefficient (Wildman–Crippen LogP) is 1.03. The van der Waals surface area contributed by atoms with Crippen molar-refractivity contribution in [2.45, 2.75) is 24.4 Å². The average Bonchev–Trinajstić information content (AvgIpc) is 2.36. The maximum absolute atomic E-state index is 12.2. The maximum Gasteiger partial charge on any atom is 0.242 e. The van der Waals surface area contributed by atoms with E-state index in [-0.39, 0.29) is 22.5 Å². The molecule has 0 bridgehead atoms. The first-order valence-electron chi connectivity index (χ1n) is 5.92. The summed E-state index contributed by atoms with van der Waals surface area (Å²) in [6.45, 7) is 2.52. The molecule has 1 rings (SSSR count). The zero-order valence-electron chi connectivity index (χ0n) is 11.4. The monoisotopic (exact) mass is 305 g/mol. The van der Waals surface area contributed by atoms with Crippen molar-refractivity contribution >= 4 is 21.6 Å². The van der Waals surface area contributed by atoms with E-state index < -0.39 is 10.0 Å². The topological polar surface area (TPSA) is 75.4 Å². The number of hydrogen-bond donors (Lipinski definition) is 2. The summed E-state index contributed by atoms with van der Waals surface area (Å²) >= 11 is 5.95. The van der Waals surface area contributed by atoms with E-state index in [1.54, 1.807) is 12.1 Å². The van der Waals surface area contributed by atoms with Crippen LogP contribution in [0.3, 0.4) is 0 Å². The molecule has 0 aliphatic carbocycles. The third-order valence-electron chi connectivity index (χ3n) is 2.97. The first-order chi connectivity index (χ1) is 8.77. The second-order valence-corrected chi connectivity index (χ2v) is 6.78. The van der Waals surface area contributed by atoms with E-state index in [4.69, 9.17) is 17.3 Å². The molecule has 0 saturated carbocycles. The van der Waals surface area contributed by atoms with Crippen LogP contribution in [0.5, 0.6) is 0 Å². The molecule has 0 radical (unpaired) electrons. The Bertz CT molecular complexity index is 532. The summed E-state index contributed by atoms with van der Waals surface area (Å²) in [5.74, 6) is 0. The van der Waals surface area contributed by atoms with E-state index in [0.29, 0.717) is 6.54 Å². The molecule has 0 aliphatic rings. The zero-order chi connectivity index (χ0) is 14.6. The summed E-state index contributed by atoms with van der Waals surface area (Å²) in [5.41, 5.74) is 6.24. The number of nitrogens with zero attached hydrogens (tertiary/aromatic N) is 1. The molecular formula is C12H20ClN3O2S. The molecule has 108 valence electrons. The number of likely N-dealkylation sites (N-methyl/N-ethyl adjacent to an activating group) is 1. The van der Waals surface area contributed by atoms with Crippen LogP contribution in [-0.4, -0.2) is 40.0 Å². The van der Waals surface area contributed by atoms with Crippen molar-refractivity contribution in [1.29, 1.82) is 0 Å². The quantitative estimate of drug-likeness (QED) is 0.823. The van der Waals surface area contributed by atoms with Gasteiger partial charge >= 0.3 is 0 Å². The summed E-state index contributed by atoms with van der Waals surface area (Å²) in [7, 11) is 0.163. The van der Waals surface area contributed by atoms with E-state index >= 15 is 0 Å². The molecule has 0 amide bonds. The van der Waals surface area contributed by atoms with Crippen LogP contribution in [0.15, 0.2) is 23.1 Å². The first-order valence-corrected chi connectivity index (χ1v) is 7.78. The minimum atomic E-state index is -3.62. The predicted molar refractivity (Wildman–Crippen MR) is 77.7 cm³/mol. The highest BCUT2D eigenvalue weighted by Crippen LogP contribution is 2.22. The number of hydrogen-bond acceptors (Lipinski definition) is 4. The van der Waals surface area contributed by atoms with Crippen molar-refractivity contribution in [2.75, 3.05) is 20.6 Å². The van der Waals surface area contributed by atoms with Gasteiger partial charge < -0.3 is 10.6 Å². The Labute approximate surface area is 119 Å². The number of nitrogens with one attached hydrogen (secondary N) is 1. The molecule has 1 aromatic rings. The molecule has 1 aromatic carbocycles. The Morgan fingerprint density at radius 3 is 2.58 bits per heavy atom. The van der Waals surface area contributed by atoms with E-state index in [9.17, 15) is 8.42 Å². The van der Waals surface area contributed by atoms with Crippen molar-refractivity contribution < 1.29 is 8.42 Å². The summed E-state index contributed by atoms with van der Waals surface area (Å²) < 4.78 is 26.9. The van der Waals surface area contributed by atoms with Crippen LogP contribution in [0.4, 0.5) is 0 Å². The second kappa shape index (κ2) is 6.67. The fraction of sp³-hybridized carbons (Fsp3) is 0.500. The molecule has 1 atom stereocenters. The van der Waals surface area contributed by atoms with Gasteiger partial charge in [0.15, 0.2) is 0 Å². The molecule has 0 saturated heterocycles. The number of rotatable bonds is 6. The smallest absolute Gasteiger partial charge is 0.242 e. The lowest BCUT2D eigenvalue weighted by molar-refractivity contribution is 0.314. The molecule has 19 heavy (non-hydrogen) atoms. The number of nitrogens with two attached hydrogens (primary N) is 1. The number of halogens is 1. The highest BCUT2D eigenvalue weighted by molar-refractivity contribution is 7.89. The summed E-state index contributed by atoms with van der Waals surface area (Å²) in [5, 5.41) is 0.196. The van der Waals surface area contributed by atoms with Gasteiger partial charge in [-0.1, -0.05) is 17.7 Å². The van der Waals surface area contributed by atoms with Crippen LogP contribution in [0, 0.1) is 0 Å². The first kappa shape index (κ1) is 16.4. The van der Waals surface area contributed by atoms with Crippen LogP contribution in [0.1, 0.15) is 12.5 Å². The van der Waals surface area contributed by atoms with E-state index in [1.807, 2.05) is 25.9 Å². The highest BCUT2D eigenvalue weighted by atomic mass is 35.5. The van der Waals surface area contributed by atoms with Gasteiger partial charge in [0.25, 0.3) is 0 Å². The van der Waals surface area contributed by atoms with E-state index in [2.05, 4.69) is 4.72 Å². The summed E-state index contributed by atoms with van der Waals surface area (Å²) in [6.07, 6.45) is 0. The lowest BCUT2D eigenvalue weighted by atomic mass is 10.2. The lowest BCUT2D eigenvalue weighted by Gasteiger charge is -2.20. The molecule has 0 aromatic heterocycles. The van der Waals surface area contributed by atoms with Crippen molar-refractivity contribution in [2.24, 2.45) is 5.73 Å². The number of sulfonamides is 1. The zero-order valence-corrected chi connectivity index (χ0v) is 12.9. The van der Waals surface area contributed by atoms with Crippen molar-refractivity contribution in [3.8, 4) is 0 Å². The van der Waals surface area contributed by atoms with E-state index in [0.717, 1.165) is 5.56 Å². The molecule has 0 heterocycles. The van der Waals surface area contributed by atoms with Gasteiger partial charge in [-0.3, -0.25) is 0 Å². The average molecular weight is 306 g/mol. The van der Waals surface area contributed by atoms with Crippen LogP contribution in [-0.2, 0) is 16.6 Å². The Morgan fingerprint density at radius 1 is 1.42 bits per heavy atom. The molecule has 3 N–H and O–H groups in total. The molecule has 7 heteroatoms. The van der Waals surface area contributed by atoms with Crippen molar-refractivity contribution in [3.63, 3.8) is 0 Å². The van der Waals surface area contributed by atoms with Gasteiger partial charge in [-0.05, 0) is 38.7 Å². The fourth-order valence-electron chi connectivity index (χ4n) is 1.37. The highest BCUT2D eigenvalue weighted by Gasteiger charge is 2.19. The minimum absolute atomic E-state index is 0.0723. The van der Waals surface area contributed by atoms with Crippen molar-refractivity contribution in [3.05, 3.63) is 28.8 Å². The van der Waals surface area contributed by atoms with Gasteiger partial charge in [0.05, 0.1) is 5.02 Å². The Hall–Kier alpha value is -0.660. The van der Waals surface area contributed by atoms with Gasteiger partial charge in [0, 0.05) is 19.1 Å². The van der Waals surface area contributed by atoms with Crippen LogP contribution < -0.4 is 10.5 Å². The molecular weight excluding hydrogens is 286 g/mol. The third-order valence-corrected chi connectivity index (χ3v) is 4.88. The van der Waals surface area contributed by atoms with Crippen molar-refractivity contribution in [1.82, 2.24) is 9.62 Å². The van der Waals surface area contributed by atoms with E-state index in [1.165, 1.54) is 6.07 Å². The SMILES string of the molecule is CC(CNS(=O)(=O)c1cc(CN)ccc1Cl)N(C)C. The standard InChI is InChI=1S/C12H20ClN3O2S/c1-9(16(2)3)8-15-19(17,18)12-6-10(7-14)4-5-11(12)13/h4-6,9,15H,7-8,14H2,1-3H3. The fourth-order valence-corrected chi connectivity index (χ4v) is 3.04.